The minimum absolute atomic E-state index is 0.0231. The number of hydrazone groups is 1. The first-order valence-corrected chi connectivity index (χ1v) is 10.8. The van der Waals surface area contributed by atoms with Crippen LogP contribution in [0.3, 0.4) is 0 Å². The van der Waals surface area contributed by atoms with Crippen LogP contribution in [0, 0.1) is 17.0 Å². The van der Waals surface area contributed by atoms with Crippen molar-refractivity contribution in [3.8, 4) is 0 Å². The van der Waals surface area contributed by atoms with Crippen LogP contribution in [0.5, 0.6) is 0 Å². The summed E-state index contributed by atoms with van der Waals surface area (Å²) < 4.78 is 0. The minimum Gasteiger partial charge on any atom is -0.271 e. The number of thiophene rings is 1. The van der Waals surface area contributed by atoms with Crippen molar-refractivity contribution in [2.45, 2.75) is 26.6 Å². The van der Waals surface area contributed by atoms with Crippen LogP contribution in [0.25, 0.3) is 0 Å². The molecule has 0 bridgehead atoms. The van der Waals surface area contributed by atoms with Gasteiger partial charge in [0, 0.05) is 23.6 Å². The molecule has 7 nitrogen and oxygen atoms in total. The Morgan fingerprint density at radius 3 is 2.48 bits per heavy atom. The Morgan fingerprint density at radius 1 is 1.16 bits per heavy atom. The number of carbonyl (C=O) groups excluding carboxylic acids is 1. The van der Waals surface area contributed by atoms with Gasteiger partial charge in [-0.15, -0.1) is 11.3 Å². The number of hydrogen-bond acceptors (Lipinski definition) is 6. The molecule has 0 N–H and O–H groups in total. The van der Waals surface area contributed by atoms with Crippen molar-refractivity contribution in [2.75, 3.05) is 6.54 Å². The van der Waals surface area contributed by atoms with Crippen LogP contribution in [0.1, 0.15) is 34.7 Å². The summed E-state index contributed by atoms with van der Waals surface area (Å²) in [5, 5.41) is 19.2. The van der Waals surface area contributed by atoms with E-state index in [9.17, 15) is 14.9 Å². The number of nitrogens with zero attached hydrogens (tertiary/aromatic N) is 4. The first-order chi connectivity index (χ1) is 14.9. The first kappa shape index (κ1) is 20.9. The molecule has 31 heavy (non-hydrogen) atoms. The molecule has 8 heteroatoms. The normalized spacial score (nSPS) is 17.4. The van der Waals surface area contributed by atoms with Gasteiger partial charge in [0.05, 0.1) is 17.2 Å². The molecular formula is C23H22N4O3S. The third-order valence-electron chi connectivity index (χ3n) is 5.29. The van der Waals surface area contributed by atoms with E-state index >= 15 is 0 Å². The molecule has 1 aliphatic heterocycles. The van der Waals surface area contributed by atoms with Crippen LogP contribution >= 0.6 is 11.3 Å². The van der Waals surface area contributed by atoms with Gasteiger partial charge in [-0.25, -0.2) is 5.01 Å². The Labute approximate surface area is 184 Å². The number of hydrogen-bond donors (Lipinski definition) is 0. The van der Waals surface area contributed by atoms with Crippen LogP contribution in [0.4, 0.5) is 5.69 Å². The monoisotopic (exact) mass is 434 g/mol. The third kappa shape index (κ3) is 4.40. The van der Waals surface area contributed by atoms with E-state index in [4.69, 9.17) is 0 Å². The maximum atomic E-state index is 13.0. The quantitative estimate of drug-likeness (QED) is 0.319. The molecule has 0 unspecified atom stereocenters. The number of nitro groups is 1. The molecule has 1 saturated heterocycles. The van der Waals surface area contributed by atoms with Gasteiger partial charge >= 0.3 is 0 Å². The van der Waals surface area contributed by atoms with Crippen molar-refractivity contribution >= 4 is 28.6 Å². The van der Waals surface area contributed by atoms with Gasteiger partial charge in [-0.05, 0) is 54.1 Å². The molecule has 158 valence electrons. The summed E-state index contributed by atoms with van der Waals surface area (Å²) in [5.74, 6) is -0.0741. The molecule has 1 atom stereocenters. The second-order valence-corrected chi connectivity index (χ2v) is 8.41. The number of amides is 1. The van der Waals surface area contributed by atoms with Gasteiger partial charge in [-0.1, -0.05) is 30.3 Å². The maximum absolute atomic E-state index is 13.0. The number of benzene rings is 2. The molecule has 1 fully saturated rings. The molecule has 2 heterocycles. The van der Waals surface area contributed by atoms with Crippen LogP contribution in [-0.2, 0) is 11.3 Å². The molecule has 4 rings (SSSR count). The maximum Gasteiger partial charge on any atom is 0.269 e. The average molecular weight is 435 g/mol. The summed E-state index contributed by atoms with van der Waals surface area (Å²) >= 11 is 1.62. The van der Waals surface area contributed by atoms with Gasteiger partial charge in [0.1, 0.15) is 6.17 Å². The van der Waals surface area contributed by atoms with Crippen molar-refractivity contribution in [3.63, 3.8) is 0 Å². The lowest BCUT2D eigenvalue weighted by atomic mass is 10.1. The molecule has 0 saturated carbocycles. The molecule has 1 aliphatic rings. The number of non-ortho nitro benzene ring substituents is 1. The predicted molar refractivity (Wildman–Crippen MR) is 121 cm³/mol. The molecule has 1 amide bonds. The molecular weight excluding hydrogens is 412 g/mol. The Balaban J connectivity index is 1.67. The topological polar surface area (TPSA) is 79.0 Å². The van der Waals surface area contributed by atoms with Gasteiger partial charge in [0.25, 0.3) is 11.6 Å². The molecule has 0 radical (unpaired) electrons. The smallest absolute Gasteiger partial charge is 0.269 e. The van der Waals surface area contributed by atoms with E-state index in [0.29, 0.717) is 12.3 Å². The van der Waals surface area contributed by atoms with Crippen LogP contribution in [-0.4, -0.2) is 33.0 Å². The zero-order valence-electron chi connectivity index (χ0n) is 17.3. The van der Waals surface area contributed by atoms with Crippen molar-refractivity contribution in [2.24, 2.45) is 5.10 Å². The number of rotatable bonds is 6. The number of aryl methyl sites for hydroxylation is 1. The zero-order chi connectivity index (χ0) is 22.0. The first-order valence-electron chi connectivity index (χ1n) is 9.88. The number of nitro benzene ring substituents is 1. The van der Waals surface area contributed by atoms with Crippen LogP contribution in [0.2, 0.25) is 0 Å². The highest BCUT2D eigenvalue weighted by molar-refractivity contribution is 7.10. The summed E-state index contributed by atoms with van der Waals surface area (Å²) in [7, 11) is 0. The van der Waals surface area contributed by atoms with E-state index in [1.165, 1.54) is 12.1 Å². The lowest BCUT2D eigenvalue weighted by Crippen LogP contribution is -2.29. The lowest BCUT2D eigenvalue weighted by Gasteiger charge is -2.27. The zero-order valence-corrected chi connectivity index (χ0v) is 18.1. The fourth-order valence-corrected chi connectivity index (χ4v) is 4.71. The van der Waals surface area contributed by atoms with Gasteiger partial charge in [-0.2, -0.15) is 5.10 Å². The van der Waals surface area contributed by atoms with E-state index in [1.807, 2.05) is 37.4 Å². The van der Waals surface area contributed by atoms with E-state index in [2.05, 4.69) is 28.2 Å². The summed E-state index contributed by atoms with van der Waals surface area (Å²) in [5.41, 5.74) is 3.64. The summed E-state index contributed by atoms with van der Waals surface area (Å²) in [6.07, 6.45) is -0.291. The Morgan fingerprint density at radius 2 is 1.87 bits per heavy atom. The van der Waals surface area contributed by atoms with Crippen molar-refractivity contribution < 1.29 is 9.72 Å². The summed E-state index contributed by atoms with van der Waals surface area (Å²) in [6.45, 7) is 4.76. The molecule has 2 aromatic carbocycles. The molecule has 0 spiro atoms. The average Bonchev–Trinajstić information content (AvgIpc) is 3.31. The molecule has 1 aromatic heterocycles. The summed E-state index contributed by atoms with van der Waals surface area (Å²) in [4.78, 5) is 26.7. The summed E-state index contributed by atoms with van der Waals surface area (Å²) in [6, 6.07) is 18.3. The minimum atomic E-state index is -0.433. The fraction of sp³-hybridized carbons (Fsp3) is 0.217. The van der Waals surface area contributed by atoms with Gasteiger partial charge < -0.3 is 0 Å². The lowest BCUT2D eigenvalue weighted by molar-refractivity contribution is -0.384. The standard InChI is InChI=1S/C23H22N4O3S/c1-16-12-13-31-22(16)23-25(14-18-6-4-3-5-7-18)15-21(28)26(23)24-17(2)19-8-10-20(11-9-19)27(29)30/h3-13,23H,14-15H2,1-2H3/b24-17-/t23-/m0/s1. The van der Waals surface area contributed by atoms with Crippen molar-refractivity contribution in [3.05, 3.63) is 97.7 Å². The highest BCUT2D eigenvalue weighted by atomic mass is 32.1. The second kappa shape index (κ2) is 8.79. The second-order valence-electron chi connectivity index (χ2n) is 7.46. The SMILES string of the molecule is C/C(=N/N1C(=O)CN(Cc2ccccc2)[C@@H]1c1sccc1C)c1ccc([N+](=O)[O-])cc1. The van der Waals surface area contributed by atoms with E-state index in [0.717, 1.165) is 21.6 Å². The van der Waals surface area contributed by atoms with E-state index in [-0.39, 0.29) is 24.3 Å². The Kier molecular flexibility index (Phi) is 5.92. The fourth-order valence-electron chi connectivity index (χ4n) is 3.66. The third-order valence-corrected chi connectivity index (χ3v) is 6.35. The van der Waals surface area contributed by atoms with Gasteiger partial charge in [0.2, 0.25) is 0 Å². The highest BCUT2D eigenvalue weighted by Gasteiger charge is 2.40. The van der Waals surface area contributed by atoms with E-state index in [1.54, 1.807) is 28.5 Å². The van der Waals surface area contributed by atoms with Gasteiger partial charge in [0.15, 0.2) is 0 Å². The molecule has 3 aromatic rings. The van der Waals surface area contributed by atoms with Crippen LogP contribution in [0.15, 0.2) is 71.1 Å². The van der Waals surface area contributed by atoms with Gasteiger partial charge in [-0.3, -0.25) is 19.8 Å². The predicted octanol–water partition coefficient (Wildman–Crippen LogP) is 4.73. The highest BCUT2D eigenvalue weighted by Crippen LogP contribution is 2.37. The van der Waals surface area contributed by atoms with E-state index < -0.39 is 4.92 Å². The Hall–Kier alpha value is -3.36. The van der Waals surface area contributed by atoms with Crippen LogP contribution < -0.4 is 0 Å². The van der Waals surface area contributed by atoms with Crippen molar-refractivity contribution in [1.82, 2.24) is 9.91 Å². The Bertz CT molecular complexity index is 1130. The van der Waals surface area contributed by atoms with Crippen molar-refractivity contribution in [1.29, 1.82) is 0 Å². The largest absolute Gasteiger partial charge is 0.271 e. The number of carbonyl (C=O) groups is 1. The molecule has 0 aliphatic carbocycles.